The molecule has 0 aromatic heterocycles. The average Bonchev–Trinajstić information content (AvgIpc) is 2.64. The third-order valence-corrected chi connectivity index (χ3v) is 1.91. The summed E-state index contributed by atoms with van der Waals surface area (Å²) in [5, 5.41) is 0. The van der Waals surface area contributed by atoms with Gasteiger partial charge in [0.15, 0.2) is 5.57 Å². The predicted octanol–water partition coefficient (Wildman–Crippen LogP) is -0.424. The smallest absolute Gasteiger partial charge is 0.345 e. The lowest BCUT2D eigenvalue weighted by atomic mass is 10.1. The van der Waals surface area contributed by atoms with Crippen LogP contribution in [0.3, 0.4) is 0 Å². The topological polar surface area (TPSA) is 78.9 Å². The number of rotatable bonds is 2. The van der Waals surface area contributed by atoms with E-state index in [9.17, 15) is 14.4 Å². The minimum atomic E-state index is -0.893. The monoisotopic (exact) mass is 214 g/mol. The summed E-state index contributed by atoms with van der Waals surface area (Å²) in [6.07, 6.45) is 0.207. The fourth-order valence-corrected chi connectivity index (χ4v) is 1.20. The van der Waals surface area contributed by atoms with Crippen molar-refractivity contribution in [3.8, 4) is 0 Å². The van der Waals surface area contributed by atoms with E-state index in [0.29, 0.717) is 0 Å². The molecule has 6 nitrogen and oxygen atoms in total. The zero-order valence-electron chi connectivity index (χ0n) is 8.36. The van der Waals surface area contributed by atoms with E-state index in [1.807, 2.05) is 0 Å². The Morgan fingerprint density at radius 2 is 1.73 bits per heavy atom. The number of hydrogen-bond acceptors (Lipinski definition) is 6. The fraction of sp³-hybridized carbons (Fsp3) is 0.444. The molecule has 1 rings (SSSR count). The van der Waals surface area contributed by atoms with Crippen molar-refractivity contribution in [1.82, 2.24) is 0 Å². The fourth-order valence-electron chi connectivity index (χ4n) is 1.20. The van der Waals surface area contributed by atoms with Gasteiger partial charge in [-0.25, -0.2) is 14.4 Å². The highest BCUT2D eigenvalue weighted by Gasteiger charge is 2.32. The standard InChI is InChI=1S/C9H10O6/c1-13-8(11)6(9(12)14-2)5-3-4-15-7(5)10/h3-4H2,1-2H3. The van der Waals surface area contributed by atoms with Crippen molar-refractivity contribution in [2.75, 3.05) is 20.8 Å². The molecule has 0 unspecified atom stereocenters. The van der Waals surface area contributed by atoms with Crippen LogP contribution in [0.2, 0.25) is 0 Å². The highest BCUT2D eigenvalue weighted by Crippen LogP contribution is 2.19. The van der Waals surface area contributed by atoms with E-state index >= 15 is 0 Å². The van der Waals surface area contributed by atoms with Crippen molar-refractivity contribution in [3.63, 3.8) is 0 Å². The zero-order valence-corrected chi connectivity index (χ0v) is 8.36. The maximum atomic E-state index is 11.3. The molecule has 1 saturated heterocycles. The maximum Gasteiger partial charge on any atom is 0.345 e. The molecule has 0 N–H and O–H groups in total. The van der Waals surface area contributed by atoms with Crippen LogP contribution in [0.1, 0.15) is 6.42 Å². The number of hydrogen-bond donors (Lipinski definition) is 0. The summed E-state index contributed by atoms with van der Waals surface area (Å²) in [5.41, 5.74) is -0.379. The number of carbonyl (C=O) groups excluding carboxylic acids is 3. The van der Waals surface area contributed by atoms with Crippen LogP contribution in [0, 0.1) is 0 Å². The average molecular weight is 214 g/mol. The summed E-state index contributed by atoms with van der Waals surface area (Å²) >= 11 is 0. The first-order valence-electron chi connectivity index (χ1n) is 4.18. The molecular weight excluding hydrogens is 204 g/mol. The minimum absolute atomic E-state index is 0.00806. The second-order valence-corrected chi connectivity index (χ2v) is 2.72. The molecule has 0 bridgehead atoms. The summed E-state index contributed by atoms with van der Waals surface area (Å²) in [6, 6.07) is 0. The van der Waals surface area contributed by atoms with Crippen molar-refractivity contribution in [2.45, 2.75) is 6.42 Å². The van der Waals surface area contributed by atoms with Crippen LogP contribution in [-0.2, 0) is 28.6 Å². The normalized spacial score (nSPS) is 14.5. The molecular formula is C9H10O6. The van der Waals surface area contributed by atoms with Gasteiger partial charge in [-0.05, 0) is 0 Å². The molecule has 82 valence electrons. The molecule has 6 heteroatoms. The van der Waals surface area contributed by atoms with Crippen LogP contribution in [0.5, 0.6) is 0 Å². The van der Waals surface area contributed by atoms with Gasteiger partial charge in [0, 0.05) is 6.42 Å². The molecule has 0 atom stereocenters. The predicted molar refractivity (Wildman–Crippen MR) is 46.6 cm³/mol. The van der Waals surface area contributed by atoms with Crippen molar-refractivity contribution in [1.29, 1.82) is 0 Å². The molecule has 15 heavy (non-hydrogen) atoms. The van der Waals surface area contributed by atoms with Crippen LogP contribution in [0.15, 0.2) is 11.1 Å². The summed E-state index contributed by atoms with van der Waals surface area (Å²) in [5.74, 6) is -2.47. The molecule has 0 aliphatic carbocycles. The van der Waals surface area contributed by atoms with Gasteiger partial charge >= 0.3 is 17.9 Å². The zero-order chi connectivity index (χ0) is 11.4. The molecule has 0 amide bonds. The van der Waals surface area contributed by atoms with Crippen LogP contribution >= 0.6 is 0 Å². The first-order valence-corrected chi connectivity index (χ1v) is 4.18. The number of esters is 3. The van der Waals surface area contributed by atoms with Crippen molar-refractivity contribution < 1.29 is 28.6 Å². The minimum Gasteiger partial charge on any atom is -0.465 e. The number of carbonyl (C=O) groups is 3. The van der Waals surface area contributed by atoms with Gasteiger partial charge in [-0.15, -0.1) is 0 Å². The van der Waals surface area contributed by atoms with Gasteiger partial charge in [0.2, 0.25) is 0 Å². The van der Waals surface area contributed by atoms with Crippen molar-refractivity contribution in [3.05, 3.63) is 11.1 Å². The third-order valence-electron chi connectivity index (χ3n) is 1.91. The van der Waals surface area contributed by atoms with E-state index in [1.54, 1.807) is 0 Å². The molecule has 1 fully saturated rings. The van der Waals surface area contributed by atoms with Crippen LogP contribution in [0.25, 0.3) is 0 Å². The van der Waals surface area contributed by atoms with Crippen LogP contribution in [0.4, 0.5) is 0 Å². The Labute approximate surface area is 85.8 Å². The largest absolute Gasteiger partial charge is 0.465 e. The van der Waals surface area contributed by atoms with E-state index in [-0.39, 0.29) is 24.2 Å². The lowest BCUT2D eigenvalue weighted by Crippen LogP contribution is -2.19. The van der Waals surface area contributed by atoms with Gasteiger partial charge in [0.05, 0.1) is 26.4 Å². The van der Waals surface area contributed by atoms with Gasteiger partial charge in [0.1, 0.15) is 0 Å². The number of methoxy groups -OCH3 is 2. The summed E-state index contributed by atoms with van der Waals surface area (Å²) in [6.45, 7) is 0.158. The molecule has 0 aromatic carbocycles. The number of cyclic esters (lactones) is 1. The Bertz CT molecular complexity index is 323. The lowest BCUT2D eigenvalue weighted by Gasteiger charge is -2.04. The first-order chi connectivity index (χ1) is 7.11. The molecule has 0 saturated carbocycles. The van der Waals surface area contributed by atoms with E-state index < -0.39 is 17.9 Å². The SMILES string of the molecule is COC(=O)C(C(=O)OC)=C1CCOC1=O. The Morgan fingerprint density at radius 1 is 1.20 bits per heavy atom. The molecule has 0 radical (unpaired) electrons. The highest BCUT2D eigenvalue weighted by molar-refractivity contribution is 6.19. The molecule has 1 aliphatic rings. The lowest BCUT2D eigenvalue weighted by molar-refractivity contribution is -0.145. The van der Waals surface area contributed by atoms with Crippen molar-refractivity contribution >= 4 is 17.9 Å². The van der Waals surface area contributed by atoms with Gasteiger partial charge < -0.3 is 14.2 Å². The Morgan fingerprint density at radius 3 is 2.07 bits per heavy atom. The quantitative estimate of drug-likeness (QED) is 0.204. The van der Waals surface area contributed by atoms with E-state index in [4.69, 9.17) is 0 Å². The van der Waals surface area contributed by atoms with Gasteiger partial charge in [-0.3, -0.25) is 0 Å². The van der Waals surface area contributed by atoms with Crippen LogP contribution < -0.4 is 0 Å². The van der Waals surface area contributed by atoms with Gasteiger partial charge in [-0.2, -0.15) is 0 Å². The third kappa shape index (κ3) is 2.15. The molecule has 1 aliphatic heterocycles. The van der Waals surface area contributed by atoms with E-state index in [2.05, 4.69) is 14.2 Å². The molecule has 0 aromatic rings. The van der Waals surface area contributed by atoms with Crippen molar-refractivity contribution in [2.24, 2.45) is 0 Å². The molecule has 0 spiro atoms. The Kier molecular flexibility index (Phi) is 3.43. The molecule has 1 heterocycles. The number of ether oxygens (including phenoxy) is 3. The second kappa shape index (κ2) is 4.59. The first kappa shape index (κ1) is 11.2. The Hall–Kier alpha value is -1.85. The summed E-state index contributed by atoms with van der Waals surface area (Å²) in [7, 11) is 2.23. The van der Waals surface area contributed by atoms with Gasteiger partial charge in [0.25, 0.3) is 0 Å². The Balaban J connectivity index is 3.14. The van der Waals surface area contributed by atoms with Gasteiger partial charge in [-0.1, -0.05) is 0 Å². The highest BCUT2D eigenvalue weighted by atomic mass is 16.5. The maximum absolute atomic E-state index is 11.3. The second-order valence-electron chi connectivity index (χ2n) is 2.72. The van der Waals surface area contributed by atoms with E-state index in [1.165, 1.54) is 0 Å². The van der Waals surface area contributed by atoms with Crippen LogP contribution in [-0.4, -0.2) is 38.7 Å². The summed E-state index contributed by atoms with van der Waals surface area (Å²) < 4.78 is 13.4. The van der Waals surface area contributed by atoms with E-state index in [0.717, 1.165) is 14.2 Å². The summed E-state index contributed by atoms with van der Waals surface area (Å²) in [4.78, 5) is 33.7.